The summed E-state index contributed by atoms with van der Waals surface area (Å²) >= 11 is 6.23. The number of anilines is 1. The maximum absolute atomic E-state index is 13.3. The molecule has 158 valence electrons. The lowest BCUT2D eigenvalue weighted by atomic mass is 10.2. The summed E-state index contributed by atoms with van der Waals surface area (Å²) in [5.74, 6) is -0.183. The van der Waals surface area contributed by atoms with Gasteiger partial charge in [0.2, 0.25) is 0 Å². The molecule has 0 unspecified atom stereocenters. The van der Waals surface area contributed by atoms with Crippen molar-refractivity contribution in [2.24, 2.45) is 0 Å². The van der Waals surface area contributed by atoms with E-state index in [1.54, 1.807) is 45.9 Å². The third-order valence-electron chi connectivity index (χ3n) is 4.08. The minimum absolute atomic E-state index is 0.224. The maximum atomic E-state index is 13.3. The van der Waals surface area contributed by atoms with Crippen LogP contribution in [0.5, 0.6) is 0 Å². The SMILES string of the molecule is C[C@H](NC(=O)OC(C)(C)C)c1nc2cccc(Cl)c2c(=O)n1Nc1ccc(F)cc1. The number of benzene rings is 2. The lowest BCUT2D eigenvalue weighted by Gasteiger charge is -2.23. The summed E-state index contributed by atoms with van der Waals surface area (Å²) in [6.07, 6.45) is -0.649. The summed E-state index contributed by atoms with van der Waals surface area (Å²) in [6, 6.07) is 9.73. The Kier molecular flexibility index (Phi) is 5.98. The number of ether oxygens (including phenoxy) is 1. The molecule has 0 aliphatic carbocycles. The highest BCUT2D eigenvalue weighted by Gasteiger charge is 2.23. The van der Waals surface area contributed by atoms with Gasteiger partial charge in [0.05, 0.1) is 27.7 Å². The smallest absolute Gasteiger partial charge is 0.408 e. The van der Waals surface area contributed by atoms with Gasteiger partial charge in [0.15, 0.2) is 5.82 Å². The van der Waals surface area contributed by atoms with Gasteiger partial charge in [0, 0.05) is 0 Å². The Hall–Kier alpha value is -3.13. The number of carbonyl (C=O) groups is 1. The van der Waals surface area contributed by atoms with Crippen molar-refractivity contribution in [2.45, 2.75) is 39.3 Å². The summed E-state index contributed by atoms with van der Waals surface area (Å²) in [7, 11) is 0. The number of halogens is 2. The lowest BCUT2D eigenvalue weighted by Crippen LogP contribution is -2.39. The number of aromatic nitrogens is 2. The molecule has 0 radical (unpaired) electrons. The number of fused-ring (bicyclic) bond motifs is 1. The first-order valence-electron chi connectivity index (χ1n) is 9.28. The third-order valence-corrected chi connectivity index (χ3v) is 4.39. The second kappa shape index (κ2) is 8.31. The van der Waals surface area contributed by atoms with E-state index < -0.39 is 29.1 Å². The van der Waals surface area contributed by atoms with Crippen molar-refractivity contribution < 1.29 is 13.9 Å². The number of amides is 1. The molecule has 0 fully saturated rings. The Morgan fingerprint density at radius 1 is 1.20 bits per heavy atom. The van der Waals surface area contributed by atoms with Crippen LogP contribution in [0.4, 0.5) is 14.9 Å². The molecule has 7 nitrogen and oxygen atoms in total. The largest absolute Gasteiger partial charge is 0.444 e. The van der Waals surface area contributed by atoms with Gasteiger partial charge in [0.1, 0.15) is 11.4 Å². The molecule has 2 aromatic carbocycles. The van der Waals surface area contributed by atoms with Gasteiger partial charge < -0.3 is 10.1 Å². The van der Waals surface area contributed by atoms with Crippen molar-refractivity contribution in [1.82, 2.24) is 15.0 Å². The van der Waals surface area contributed by atoms with Crippen LogP contribution < -0.4 is 16.3 Å². The molecule has 30 heavy (non-hydrogen) atoms. The van der Waals surface area contributed by atoms with Crippen LogP contribution in [0.2, 0.25) is 5.02 Å². The summed E-state index contributed by atoms with van der Waals surface area (Å²) in [5, 5.41) is 3.15. The second-order valence-electron chi connectivity index (χ2n) is 7.73. The van der Waals surface area contributed by atoms with Crippen molar-refractivity contribution >= 4 is 34.3 Å². The molecule has 0 aliphatic rings. The van der Waals surface area contributed by atoms with Gasteiger partial charge in [-0.05, 0) is 64.1 Å². The standard InChI is InChI=1S/C21H22ClFN4O3/c1-12(24-20(29)30-21(2,3)4)18-25-16-7-5-6-15(22)17(16)19(28)27(18)26-14-10-8-13(23)9-11-14/h5-12,26H,1-4H3,(H,24,29)/t12-/m0/s1. The van der Waals surface area contributed by atoms with E-state index in [9.17, 15) is 14.0 Å². The van der Waals surface area contributed by atoms with Crippen LogP contribution in [0.15, 0.2) is 47.3 Å². The van der Waals surface area contributed by atoms with E-state index in [-0.39, 0.29) is 16.2 Å². The maximum Gasteiger partial charge on any atom is 0.408 e. The molecule has 9 heteroatoms. The molecule has 1 aromatic heterocycles. The topological polar surface area (TPSA) is 85.2 Å². The minimum atomic E-state index is -0.691. The fourth-order valence-electron chi connectivity index (χ4n) is 2.81. The van der Waals surface area contributed by atoms with Gasteiger partial charge in [-0.25, -0.2) is 18.8 Å². The Balaban J connectivity index is 2.08. The fraction of sp³-hybridized carbons (Fsp3) is 0.286. The van der Waals surface area contributed by atoms with Gasteiger partial charge in [-0.1, -0.05) is 17.7 Å². The highest BCUT2D eigenvalue weighted by molar-refractivity contribution is 6.35. The van der Waals surface area contributed by atoms with Crippen LogP contribution >= 0.6 is 11.6 Å². The van der Waals surface area contributed by atoms with E-state index in [4.69, 9.17) is 16.3 Å². The summed E-state index contributed by atoms with van der Waals surface area (Å²) in [6.45, 7) is 6.92. The Bertz CT molecular complexity index is 1140. The van der Waals surface area contributed by atoms with Gasteiger partial charge >= 0.3 is 6.09 Å². The van der Waals surface area contributed by atoms with E-state index in [0.717, 1.165) is 0 Å². The number of carbonyl (C=O) groups excluding carboxylic acids is 1. The fourth-order valence-corrected chi connectivity index (χ4v) is 3.06. The Morgan fingerprint density at radius 3 is 2.50 bits per heavy atom. The molecule has 0 bridgehead atoms. The summed E-state index contributed by atoms with van der Waals surface area (Å²) in [5.41, 5.74) is 2.62. The average Bonchev–Trinajstić information content (AvgIpc) is 2.63. The summed E-state index contributed by atoms with van der Waals surface area (Å²) in [4.78, 5) is 30.0. The van der Waals surface area contributed by atoms with Gasteiger partial charge in [-0.2, -0.15) is 0 Å². The minimum Gasteiger partial charge on any atom is -0.444 e. The normalized spacial score (nSPS) is 12.5. The van der Waals surface area contributed by atoms with Crippen LogP contribution in [0.1, 0.15) is 39.6 Å². The van der Waals surface area contributed by atoms with Gasteiger partial charge in [-0.3, -0.25) is 10.2 Å². The van der Waals surface area contributed by atoms with E-state index >= 15 is 0 Å². The Morgan fingerprint density at radius 2 is 1.87 bits per heavy atom. The molecule has 1 amide bonds. The zero-order chi connectivity index (χ0) is 22.1. The quantitative estimate of drug-likeness (QED) is 0.626. The zero-order valence-electron chi connectivity index (χ0n) is 17.0. The van der Waals surface area contributed by atoms with E-state index in [1.165, 1.54) is 28.9 Å². The van der Waals surface area contributed by atoms with Crippen molar-refractivity contribution in [3.05, 3.63) is 69.5 Å². The molecule has 1 atom stereocenters. The molecule has 0 aliphatic heterocycles. The van der Waals surface area contributed by atoms with Crippen LogP contribution in [-0.2, 0) is 4.74 Å². The van der Waals surface area contributed by atoms with Crippen LogP contribution in [-0.4, -0.2) is 21.4 Å². The predicted molar refractivity (Wildman–Crippen MR) is 114 cm³/mol. The Labute approximate surface area is 177 Å². The second-order valence-corrected chi connectivity index (χ2v) is 8.14. The molecular weight excluding hydrogens is 411 g/mol. The van der Waals surface area contributed by atoms with Crippen LogP contribution in [0, 0.1) is 5.82 Å². The molecule has 0 spiro atoms. The lowest BCUT2D eigenvalue weighted by molar-refractivity contribution is 0.0505. The number of hydrogen-bond acceptors (Lipinski definition) is 5. The molecule has 3 aromatic rings. The summed E-state index contributed by atoms with van der Waals surface area (Å²) < 4.78 is 19.7. The highest BCUT2D eigenvalue weighted by Crippen LogP contribution is 2.21. The number of rotatable bonds is 4. The van der Waals surface area contributed by atoms with Crippen LogP contribution in [0.3, 0.4) is 0 Å². The van der Waals surface area contributed by atoms with E-state index in [0.29, 0.717) is 11.2 Å². The third kappa shape index (κ3) is 4.88. The first-order chi connectivity index (χ1) is 14.0. The zero-order valence-corrected chi connectivity index (χ0v) is 17.7. The van der Waals surface area contributed by atoms with Crippen molar-refractivity contribution in [3.63, 3.8) is 0 Å². The molecule has 0 saturated heterocycles. The van der Waals surface area contributed by atoms with Crippen molar-refractivity contribution in [1.29, 1.82) is 0 Å². The van der Waals surface area contributed by atoms with Crippen molar-refractivity contribution in [2.75, 3.05) is 5.43 Å². The molecular formula is C21H22ClFN4O3. The van der Waals surface area contributed by atoms with Gasteiger partial charge in [-0.15, -0.1) is 0 Å². The molecule has 3 rings (SSSR count). The molecule has 2 N–H and O–H groups in total. The average molecular weight is 433 g/mol. The van der Waals surface area contributed by atoms with Crippen LogP contribution in [0.25, 0.3) is 10.9 Å². The first-order valence-corrected chi connectivity index (χ1v) is 9.66. The molecule has 0 saturated carbocycles. The number of alkyl carbamates (subject to hydrolysis) is 1. The number of nitrogens with zero attached hydrogens (tertiary/aromatic N) is 2. The van der Waals surface area contributed by atoms with Crippen molar-refractivity contribution in [3.8, 4) is 0 Å². The predicted octanol–water partition coefficient (Wildman–Crippen LogP) is 4.65. The monoisotopic (exact) mass is 432 g/mol. The number of hydrogen-bond donors (Lipinski definition) is 2. The van der Waals surface area contributed by atoms with E-state index in [1.807, 2.05) is 0 Å². The number of nitrogens with one attached hydrogen (secondary N) is 2. The van der Waals surface area contributed by atoms with Gasteiger partial charge in [0.25, 0.3) is 5.56 Å². The van der Waals surface area contributed by atoms with E-state index in [2.05, 4.69) is 15.7 Å². The highest BCUT2D eigenvalue weighted by atomic mass is 35.5. The molecule has 1 heterocycles. The first kappa shape index (κ1) is 21.6.